The summed E-state index contributed by atoms with van der Waals surface area (Å²) in [6, 6.07) is 14.6. The number of hydrogen-bond acceptors (Lipinski definition) is 4. The SMILES string of the molecule is O=C(Nc1cccc(N2CCCC2=O)c1)C1COc2ccccc2O1. The highest BCUT2D eigenvalue weighted by Gasteiger charge is 2.27. The lowest BCUT2D eigenvalue weighted by Crippen LogP contribution is -2.40. The summed E-state index contributed by atoms with van der Waals surface area (Å²) in [5, 5.41) is 2.84. The first-order valence-electron chi connectivity index (χ1n) is 8.30. The maximum atomic E-state index is 12.5. The number of carbonyl (C=O) groups is 2. The molecule has 2 amide bonds. The van der Waals surface area contributed by atoms with E-state index in [0.717, 1.165) is 12.1 Å². The van der Waals surface area contributed by atoms with E-state index < -0.39 is 6.10 Å². The summed E-state index contributed by atoms with van der Waals surface area (Å²) >= 11 is 0. The highest BCUT2D eigenvalue weighted by molar-refractivity contribution is 5.98. The Kier molecular flexibility index (Phi) is 4.01. The van der Waals surface area contributed by atoms with Crippen LogP contribution < -0.4 is 19.7 Å². The number of hydrogen-bond donors (Lipinski definition) is 1. The van der Waals surface area contributed by atoms with E-state index in [1.54, 1.807) is 29.2 Å². The van der Waals surface area contributed by atoms with Gasteiger partial charge in [-0.2, -0.15) is 0 Å². The predicted molar refractivity (Wildman–Crippen MR) is 93.0 cm³/mol. The van der Waals surface area contributed by atoms with E-state index in [2.05, 4.69) is 5.32 Å². The largest absolute Gasteiger partial charge is 0.485 e. The van der Waals surface area contributed by atoms with E-state index in [-0.39, 0.29) is 18.4 Å². The monoisotopic (exact) mass is 338 g/mol. The molecule has 0 aliphatic carbocycles. The first-order valence-corrected chi connectivity index (χ1v) is 8.30. The third kappa shape index (κ3) is 3.15. The van der Waals surface area contributed by atoms with E-state index in [1.807, 2.05) is 24.3 Å². The average Bonchev–Trinajstić information content (AvgIpc) is 3.07. The second kappa shape index (κ2) is 6.47. The lowest BCUT2D eigenvalue weighted by atomic mass is 10.2. The number of rotatable bonds is 3. The minimum absolute atomic E-state index is 0.115. The molecule has 2 aromatic rings. The Hall–Kier alpha value is -3.02. The molecule has 1 unspecified atom stereocenters. The number of ether oxygens (including phenoxy) is 2. The molecule has 2 aliphatic heterocycles. The zero-order valence-corrected chi connectivity index (χ0v) is 13.6. The van der Waals surface area contributed by atoms with E-state index in [1.165, 1.54) is 0 Å². The topological polar surface area (TPSA) is 67.9 Å². The quantitative estimate of drug-likeness (QED) is 0.934. The van der Waals surface area contributed by atoms with E-state index >= 15 is 0 Å². The normalized spacial score (nSPS) is 19.0. The Morgan fingerprint density at radius 1 is 1.12 bits per heavy atom. The van der Waals surface area contributed by atoms with Gasteiger partial charge in [-0.15, -0.1) is 0 Å². The molecule has 25 heavy (non-hydrogen) atoms. The summed E-state index contributed by atoms with van der Waals surface area (Å²) in [6.07, 6.45) is 0.720. The predicted octanol–water partition coefficient (Wildman–Crippen LogP) is 2.59. The van der Waals surface area contributed by atoms with Gasteiger partial charge in [0.05, 0.1) is 0 Å². The van der Waals surface area contributed by atoms with Gasteiger partial charge in [-0.05, 0) is 36.8 Å². The number of carbonyl (C=O) groups excluding carboxylic acids is 2. The van der Waals surface area contributed by atoms with Gasteiger partial charge in [0.15, 0.2) is 11.5 Å². The number of nitrogens with one attached hydrogen (secondary N) is 1. The van der Waals surface area contributed by atoms with Crippen molar-refractivity contribution < 1.29 is 19.1 Å². The van der Waals surface area contributed by atoms with Crippen LogP contribution in [0.2, 0.25) is 0 Å². The number of amides is 2. The molecule has 0 radical (unpaired) electrons. The second-order valence-corrected chi connectivity index (χ2v) is 6.05. The number of fused-ring (bicyclic) bond motifs is 1. The Morgan fingerprint density at radius 3 is 2.76 bits per heavy atom. The summed E-state index contributed by atoms with van der Waals surface area (Å²) in [7, 11) is 0. The summed E-state index contributed by atoms with van der Waals surface area (Å²) < 4.78 is 11.3. The third-order valence-electron chi connectivity index (χ3n) is 4.30. The van der Waals surface area contributed by atoms with Gasteiger partial charge in [0, 0.05) is 24.3 Å². The molecule has 1 fully saturated rings. The number of benzene rings is 2. The standard InChI is InChI=1S/C19H18N2O4/c22-18-9-4-10-21(18)14-6-3-5-13(11-14)20-19(23)17-12-24-15-7-1-2-8-16(15)25-17/h1-3,5-8,11,17H,4,9-10,12H2,(H,20,23). The molecule has 128 valence electrons. The van der Waals surface area contributed by atoms with Crippen molar-refractivity contribution in [2.75, 3.05) is 23.4 Å². The fourth-order valence-electron chi connectivity index (χ4n) is 3.04. The molecule has 6 nitrogen and oxygen atoms in total. The zero-order chi connectivity index (χ0) is 17.2. The average molecular weight is 338 g/mol. The lowest BCUT2D eigenvalue weighted by molar-refractivity contribution is -0.125. The molecule has 2 aromatic carbocycles. The van der Waals surface area contributed by atoms with Crippen molar-refractivity contribution in [2.45, 2.75) is 18.9 Å². The molecule has 1 atom stereocenters. The van der Waals surface area contributed by atoms with Crippen LogP contribution in [0.1, 0.15) is 12.8 Å². The fourth-order valence-corrected chi connectivity index (χ4v) is 3.04. The Morgan fingerprint density at radius 2 is 1.96 bits per heavy atom. The first kappa shape index (κ1) is 15.5. The Bertz CT molecular complexity index is 821. The van der Waals surface area contributed by atoms with Gasteiger partial charge >= 0.3 is 0 Å². The minimum atomic E-state index is -0.716. The smallest absolute Gasteiger partial charge is 0.269 e. The van der Waals surface area contributed by atoms with Gasteiger partial charge in [-0.25, -0.2) is 0 Å². The van der Waals surface area contributed by atoms with Crippen molar-refractivity contribution in [1.29, 1.82) is 0 Å². The van der Waals surface area contributed by atoms with Gasteiger partial charge < -0.3 is 19.7 Å². The molecule has 0 bridgehead atoms. The molecular formula is C19H18N2O4. The van der Waals surface area contributed by atoms with E-state index in [9.17, 15) is 9.59 Å². The molecular weight excluding hydrogens is 320 g/mol. The van der Waals surface area contributed by atoms with Gasteiger partial charge in [0.25, 0.3) is 5.91 Å². The minimum Gasteiger partial charge on any atom is -0.485 e. The van der Waals surface area contributed by atoms with Crippen molar-refractivity contribution in [1.82, 2.24) is 0 Å². The highest BCUT2D eigenvalue weighted by Crippen LogP contribution is 2.31. The van der Waals surface area contributed by atoms with Crippen molar-refractivity contribution in [3.8, 4) is 11.5 Å². The zero-order valence-electron chi connectivity index (χ0n) is 13.6. The summed E-state index contributed by atoms with van der Waals surface area (Å²) in [5.74, 6) is 1.04. The van der Waals surface area contributed by atoms with E-state index in [0.29, 0.717) is 30.2 Å². The number of para-hydroxylation sites is 2. The molecule has 0 aromatic heterocycles. The van der Waals surface area contributed by atoms with Gasteiger partial charge in [0.1, 0.15) is 6.61 Å². The van der Waals surface area contributed by atoms with Crippen LogP contribution in [0.5, 0.6) is 11.5 Å². The molecule has 0 saturated carbocycles. The van der Waals surface area contributed by atoms with Crippen LogP contribution in [0.25, 0.3) is 0 Å². The van der Waals surface area contributed by atoms with Crippen LogP contribution in [-0.4, -0.2) is 31.1 Å². The fraction of sp³-hybridized carbons (Fsp3) is 0.263. The van der Waals surface area contributed by atoms with Crippen molar-refractivity contribution in [3.05, 3.63) is 48.5 Å². The van der Waals surface area contributed by atoms with Crippen LogP contribution in [0, 0.1) is 0 Å². The van der Waals surface area contributed by atoms with E-state index in [4.69, 9.17) is 9.47 Å². The summed E-state index contributed by atoms with van der Waals surface area (Å²) in [5.41, 5.74) is 1.43. The van der Waals surface area contributed by atoms with Gasteiger partial charge in [-0.1, -0.05) is 18.2 Å². The van der Waals surface area contributed by atoms with Gasteiger partial charge in [-0.3, -0.25) is 9.59 Å². The number of anilines is 2. The third-order valence-corrected chi connectivity index (χ3v) is 4.30. The van der Waals surface area contributed by atoms with Crippen LogP contribution in [0.4, 0.5) is 11.4 Å². The molecule has 2 heterocycles. The molecule has 1 N–H and O–H groups in total. The molecule has 4 rings (SSSR count). The molecule has 2 aliphatic rings. The van der Waals surface area contributed by atoms with Crippen molar-refractivity contribution in [2.24, 2.45) is 0 Å². The summed E-state index contributed by atoms with van der Waals surface area (Å²) in [4.78, 5) is 26.1. The van der Waals surface area contributed by atoms with Gasteiger partial charge in [0.2, 0.25) is 12.0 Å². The highest BCUT2D eigenvalue weighted by atomic mass is 16.6. The Labute approximate surface area is 145 Å². The molecule has 6 heteroatoms. The van der Waals surface area contributed by atoms with Crippen LogP contribution in [-0.2, 0) is 9.59 Å². The Balaban J connectivity index is 1.46. The molecule has 0 spiro atoms. The van der Waals surface area contributed by atoms with Crippen molar-refractivity contribution >= 4 is 23.2 Å². The maximum Gasteiger partial charge on any atom is 0.269 e. The lowest BCUT2D eigenvalue weighted by Gasteiger charge is -2.25. The second-order valence-electron chi connectivity index (χ2n) is 6.05. The number of nitrogens with zero attached hydrogens (tertiary/aromatic N) is 1. The summed E-state index contributed by atoms with van der Waals surface area (Å²) in [6.45, 7) is 0.875. The first-order chi connectivity index (χ1) is 12.2. The van der Waals surface area contributed by atoms with Crippen LogP contribution in [0.3, 0.4) is 0 Å². The maximum absolute atomic E-state index is 12.5. The molecule has 1 saturated heterocycles. The van der Waals surface area contributed by atoms with Crippen LogP contribution >= 0.6 is 0 Å². The van der Waals surface area contributed by atoms with Crippen molar-refractivity contribution in [3.63, 3.8) is 0 Å². The van der Waals surface area contributed by atoms with Crippen LogP contribution in [0.15, 0.2) is 48.5 Å².